The molecule has 0 aliphatic rings. The summed E-state index contributed by atoms with van der Waals surface area (Å²) in [6, 6.07) is 12.7. The van der Waals surface area contributed by atoms with E-state index in [0.29, 0.717) is 17.3 Å². The fourth-order valence-corrected chi connectivity index (χ4v) is 2.42. The molecule has 23 heavy (non-hydrogen) atoms. The van der Waals surface area contributed by atoms with Crippen LogP contribution in [0.5, 0.6) is 5.75 Å². The molecule has 3 aromatic rings. The third-order valence-corrected chi connectivity index (χ3v) is 3.72. The molecular weight excluding hydrogens is 314 g/mol. The summed E-state index contributed by atoms with van der Waals surface area (Å²) in [7, 11) is 0. The molecule has 0 saturated carbocycles. The number of carbonyl (C=O) groups excluding carboxylic acids is 1. The second-order valence-corrected chi connectivity index (χ2v) is 5.53. The van der Waals surface area contributed by atoms with E-state index < -0.39 is 0 Å². The number of fused-ring (bicyclic) bond motifs is 1. The van der Waals surface area contributed by atoms with Gasteiger partial charge in [0.15, 0.2) is 6.61 Å². The smallest absolute Gasteiger partial charge is 0.258 e. The van der Waals surface area contributed by atoms with Crippen molar-refractivity contribution in [2.24, 2.45) is 0 Å². The maximum absolute atomic E-state index is 11.9. The van der Waals surface area contributed by atoms with Gasteiger partial charge in [0.1, 0.15) is 11.4 Å². The Labute approximate surface area is 138 Å². The molecule has 2 heterocycles. The Kier molecular flexibility index (Phi) is 4.48. The number of amides is 1. The highest BCUT2D eigenvalue weighted by molar-refractivity contribution is 6.30. The highest BCUT2D eigenvalue weighted by Gasteiger charge is 2.10. The van der Waals surface area contributed by atoms with Gasteiger partial charge in [0.05, 0.1) is 17.9 Å². The van der Waals surface area contributed by atoms with Gasteiger partial charge in [-0.3, -0.25) is 4.79 Å². The van der Waals surface area contributed by atoms with Gasteiger partial charge in [-0.1, -0.05) is 17.7 Å². The van der Waals surface area contributed by atoms with Gasteiger partial charge in [-0.2, -0.15) is 0 Å². The Morgan fingerprint density at radius 2 is 2.04 bits per heavy atom. The predicted octanol–water partition coefficient (Wildman–Crippen LogP) is 2.99. The second kappa shape index (κ2) is 6.71. The fourth-order valence-electron chi connectivity index (χ4n) is 2.29. The number of aryl methyl sites for hydroxylation is 1. The zero-order valence-corrected chi connectivity index (χ0v) is 13.4. The molecule has 1 aromatic carbocycles. The average Bonchev–Trinajstić information content (AvgIpc) is 2.87. The summed E-state index contributed by atoms with van der Waals surface area (Å²) in [5.41, 5.74) is 2.72. The summed E-state index contributed by atoms with van der Waals surface area (Å²) >= 11 is 5.80. The number of ether oxygens (including phenoxy) is 1. The van der Waals surface area contributed by atoms with Gasteiger partial charge in [-0.05, 0) is 43.3 Å². The van der Waals surface area contributed by atoms with Crippen LogP contribution in [0, 0.1) is 6.92 Å². The van der Waals surface area contributed by atoms with Crippen molar-refractivity contribution >= 4 is 23.2 Å². The Morgan fingerprint density at radius 1 is 1.26 bits per heavy atom. The monoisotopic (exact) mass is 329 g/mol. The maximum Gasteiger partial charge on any atom is 0.258 e. The molecule has 118 valence electrons. The largest absolute Gasteiger partial charge is 0.484 e. The SMILES string of the molecule is Cc1nc2ccccn2c1CNC(=O)COc1ccc(Cl)cc1. The first kappa shape index (κ1) is 15.4. The first-order valence-corrected chi connectivity index (χ1v) is 7.59. The van der Waals surface area contributed by atoms with Crippen LogP contribution in [0.25, 0.3) is 5.65 Å². The van der Waals surface area contributed by atoms with Crippen LogP contribution in [0.3, 0.4) is 0 Å². The molecule has 0 spiro atoms. The van der Waals surface area contributed by atoms with E-state index in [1.165, 1.54) is 0 Å². The molecule has 1 N–H and O–H groups in total. The van der Waals surface area contributed by atoms with Crippen molar-refractivity contribution < 1.29 is 9.53 Å². The van der Waals surface area contributed by atoms with Crippen molar-refractivity contribution in [2.45, 2.75) is 13.5 Å². The third-order valence-electron chi connectivity index (χ3n) is 3.47. The Morgan fingerprint density at radius 3 is 2.83 bits per heavy atom. The Hall–Kier alpha value is -2.53. The quantitative estimate of drug-likeness (QED) is 0.783. The van der Waals surface area contributed by atoms with E-state index >= 15 is 0 Å². The number of benzene rings is 1. The van der Waals surface area contributed by atoms with Crippen molar-refractivity contribution in [3.05, 3.63) is 65.1 Å². The topological polar surface area (TPSA) is 55.6 Å². The van der Waals surface area contributed by atoms with Crippen LogP contribution in [0.4, 0.5) is 0 Å². The van der Waals surface area contributed by atoms with Gasteiger partial charge < -0.3 is 14.5 Å². The van der Waals surface area contributed by atoms with Crippen LogP contribution in [-0.2, 0) is 11.3 Å². The lowest BCUT2D eigenvalue weighted by Crippen LogP contribution is -2.29. The maximum atomic E-state index is 11.9. The van der Waals surface area contributed by atoms with Gasteiger partial charge in [0.25, 0.3) is 5.91 Å². The van der Waals surface area contributed by atoms with Gasteiger partial charge in [0, 0.05) is 11.2 Å². The van der Waals surface area contributed by atoms with Crippen LogP contribution in [0.1, 0.15) is 11.4 Å². The number of rotatable bonds is 5. The van der Waals surface area contributed by atoms with E-state index in [9.17, 15) is 4.79 Å². The minimum Gasteiger partial charge on any atom is -0.484 e. The molecular formula is C17H16ClN3O2. The summed E-state index contributed by atoms with van der Waals surface area (Å²) < 4.78 is 7.39. The zero-order valence-electron chi connectivity index (χ0n) is 12.6. The van der Waals surface area contributed by atoms with Gasteiger partial charge in [-0.25, -0.2) is 4.98 Å². The summed E-state index contributed by atoms with van der Waals surface area (Å²) in [6.45, 7) is 2.29. The number of halogens is 1. The number of aromatic nitrogens is 2. The van der Waals surface area contributed by atoms with E-state index in [2.05, 4.69) is 10.3 Å². The van der Waals surface area contributed by atoms with E-state index in [0.717, 1.165) is 17.0 Å². The number of nitrogens with one attached hydrogen (secondary N) is 1. The molecule has 3 rings (SSSR count). The van der Waals surface area contributed by atoms with Crippen molar-refractivity contribution in [2.75, 3.05) is 6.61 Å². The lowest BCUT2D eigenvalue weighted by Gasteiger charge is -2.08. The number of carbonyl (C=O) groups is 1. The first-order chi connectivity index (χ1) is 11.1. The minimum absolute atomic E-state index is 0.0442. The van der Waals surface area contributed by atoms with Gasteiger partial charge >= 0.3 is 0 Å². The lowest BCUT2D eigenvalue weighted by atomic mass is 10.3. The van der Waals surface area contributed by atoms with Crippen molar-refractivity contribution in [3.63, 3.8) is 0 Å². The molecule has 0 saturated heterocycles. The molecule has 0 unspecified atom stereocenters. The van der Waals surface area contributed by atoms with Crippen molar-refractivity contribution in [1.82, 2.24) is 14.7 Å². The summed E-state index contributed by atoms with van der Waals surface area (Å²) in [5.74, 6) is 0.417. The lowest BCUT2D eigenvalue weighted by molar-refractivity contribution is -0.123. The van der Waals surface area contributed by atoms with Crippen molar-refractivity contribution in [1.29, 1.82) is 0 Å². The fraction of sp³-hybridized carbons (Fsp3) is 0.176. The van der Waals surface area contributed by atoms with Crippen LogP contribution in [0.2, 0.25) is 5.02 Å². The van der Waals surface area contributed by atoms with Crippen LogP contribution in [-0.4, -0.2) is 21.9 Å². The number of hydrogen-bond donors (Lipinski definition) is 1. The highest BCUT2D eigenvalue weighted by Crippen LogP contribution is 2.15. The second-order valence-electron chi connectivity index (χ2n) is 5.09. The van der Waals surface area contributed by atoms with E-state index in [-0.39, 0.29) is 12.5 Å². The third kappa shape index (κ3) is 3.63. The van der Waals surface area contributed by atoms with Crippen LogP contribution < -0.4 is 10.1 Å². The summed E-state index contributed by atoms with van der Waals surface area (Å²) in [6.07, 6.45) is 1.93. The van der Waals surface area contributed by atoms with Gasteiger partial charge in [-0.15, -0.1) is 0 Å². The highest BCUT2D eigenvalue weighted by atomic mass is 35.5. The molecule has 0 atom stereocenters. The normalized spacial score (nSPS) is 10.7. The van der Waals surface area contributed by atoms with Crippen molar-refractivity contribution in [3.8, 4) is 5.75 Å². The molecule has 2 aromatic heterocycles. The van der Waals surface area contributed by atoms with E-state index in [1.54, 1.807) is 24.3 Å². The molecule has 0 aliphatic heterocycles. The van der Waals surface area contributed by atoms with E-state index in [1.807, 2.05) is 35.7 Å². The number of hydrogen-bond acceptors (Lipinski definition) is 3. The van der Waals surface area contributed by atoms with Gasteiger partial charge in [0.2, 0.25) is 0 Å². The molecule has 5 nitrogen and oxygen atoms in total. The molecule has 0 aliphatic carbocycles. The van der Waals surface area contributed by atoms with E-state index in [4.69, 9.17) is 16.3 Å². The van der Waals surface area contributed by atoms with Crippen LogP contribution >= 0.6 is 11.6 Å². The summed E-state index contributed by atoms with van der Waals surface area (Å²) in [4.78, 5) is 16.4. The van der Waals surface area contributed by atoms with Crippen LogP contribution in [0.15, 0.2) is 48.7 Å². The summed E-state index contributed by atoms with van der Waals surface area (Å²) in [5, 5.41) is 3.48. The standard InChI is InChI=1S/C17H16ClN3O2/c1-12-15(21-9-3-2-4-16(21)20-12)10-19-17(22)11-23-14-7-5-13(18)6-8-14/h2-9H,10-11H2,1H3,(H,19,22). The predicted molar refractivity (Wildman–Crippen MR) is 88.7 cm³/mol. The molecule has 0 bridgehead atoms. The Bertz CT molecular complexity index is 827. The number of pyridine rings is 1. The minimum atomic E-state index is -0.190. The average molecular weight is 330 g/mol. The number of imidazole rings is 1. The molecule has 0 radical (unpaired) electrons. The molecule has 0 fully saturated rings. The molecule has 6 heteroatoms. The first-order valence-electron chi connectivity index (χ1n) is 7.21. The zero-order chi connectivity index (χ0) is 16.2. The molecule has 1 amide bonds. The Balaban J connectivity index is 1.58. The number of nitrogens with zero attached hydrogens (tertiary/aromatic N) is 2.